The average molecular weight is 564 g/mol. The third-order valence-corrected chi connectivity index (χ3v) is 10.2. The summed E-state index contributed by atoms with van der Waals surface area (Å²) in [5, 5.41) is 17.0. The fraction of sp³-hybridized carbons (Fsp3) is 0.357. The largest absolute Gasteiger partial charge is 0.369 e. The molecule has 196 valence electrons. The molecule has 10 heteroatoms. The van der Waals surface area contributed by atoms with Gasteiger partial charge in [0.25, 0.3) is 0 Å². The van der Waals surface area contributed by atoms with E-state index in [1.165, 1.54) is 22.2 Å². The maximum absolute atomic E-state index is 13.0. The van der Waals surface area contributed by atoms with Gasteiger partial charge >= 0.3 is 0 Å². The first kappa shape index (κ1) is 25.6. The van der Waals surface area contributed by atoms with Crippen molar-refractivity contribution < 1.29 is 9.53 Å². The molecule has 5 aromatic rings. The van der Waals surface area contributed by atoms with Crippen molar-refractivity contribution in [2.24, 2.45) is 0 Å². The fourth-order valence-electron chi connectivity index (χ4n) is 4.78. The van der Waals surface area contributed by atoms with Crippen molar-refractivity contribution in [2.75, 3.05) is 16.8 Å². The van der Waals surface area contributed by atoms with Crippen LogP contribution in [0.4, 0.5) is 5.69 Å². The van der Waals surface area contributed by atoms with Gasteiger partial charge in [-0.1, -0.05) is 73.8 Å². The van der Waals surface area contributed by atoms with Crippen LogP contribution in [0.15, 0.2) is 52.8 Å². The van der Waals surface area contributed by atoms with Gasteiger partial charge in [0.15, 0.2) is 16.0 Å². The summed E-state index contributed by atoms with van der Waals surface area (Å²) in [5.74, 6) is 1.09. The Morgan fingerprint density at radius 1 is 1.13 bits per heavy atom. The number of aromatic nitrogens is 4. The summed E-state index contributed by atoms with van der Waals surface area (Å²) >= 11 is 4.80. The normalized spacial score (nSPS) is 17.3. The summed E-state index contributed by atoms with van der Waals surface area (Å²) in [7, 11) is 0. The molecule has 3 aromatic heterocycles. The number of amides is 1. The number of carbonyl (C=O) groups is 1. The smallest absolute Gasteiger partial charge is 0.234 e. The van der Waals surface area contributed by atoms with E-state index < -0.39 is 0 Å². The minimum absolute atomic E-state index is 0.0799. The molecule has 1 aliphatic heterocycles. The van der Waals surface area contributed by atoms with E-state index in [1.54, 1.807) is 23.1 Å². The van der Waals surface area contributed by atoms with Crippen molar-refractivity contribution in [3.8, 4) is 0 Å². The number of nitrogens with one attached hydrogen (secondary N) is 1. The molecule has 4 heterocycles. The first-order chi connectivity index (χ1) is 18.5. The topological polar surface area (TPSA) is 81.4 Å². The molecule has 1 aliphatic rings. The molecule has 0 saturated carbocycles. The van der Waals surface area contributed by atoms with Crippen molar-refractivity contribution in [2.45, 2.75) is 62.6 Å². The zero-order chi connectivity index (χ0) is 26.3. The maximum Gasteiger partial charge on any atom is 0.234 e. The van der Waals surface area contributed by atoms with Crippen LogP contribution in [0.1, 0.15) is 44.1 Å². The second-order valence-electron chi connectivity index (χ2n) is 9.70. The van der Waals surface area contributed by atoms with Gasteiger partial charge in [-0.25, -0.2) is 9.38 Å². The predicted octanol–water partition coefficient (Wildman–Crippen LogP) is 6.97. The summed E-state index contributed by atoms with van der Waals surface area (Å²) in [6.45, 7) is 7.11. The van der Waals surface area contributed by atoms with Gasteiger partial charge in [0, 0.05) is 28.1 Å². The highest BCUT2D eigenvalue weighted by Gasteiger charge is 2.33. The Labute approximate surface area is 233 Å². The molecule has 6 rings (SSSR count). The molecule has 0 fully saturated rings. The molecule has 0 aliphatic carbocycles. The standard InChI is InChI=1S/C28H29N5O2S3/c1-4-13-36-26-30-25-23(19-14-28(3,5-2)35-15-21(19)38-25)24-31-32-27(33(24)26)37-16-22(34)29-20-12-8-10-17-9-6-7-11-18(17)20/h6-12H,4-5,13-16H2,1-3H3,(H,29,34)/t28-/m1/s1. The minimum Gasteiger partial charge on any atom is -0.369 e. The zero-order valence-electron chi connectivity index (χ0n) is 21.6. The van der Waals surface area contributed by atoms with Crippen molar-refractivity contribution in [3.63, 3.8) is 0 Å². The van der Waals surface area contributed by atoms with Gasteiger partial charge in [-0.05, 0) is 36.8 Å². The summed E-state index contributed by atoms with van der Waals surface area (Å²) in [5.41, 5.74) is 2.73. The van der Waals surface area contributed by atoms with Gasteiger partial charge in [-0.3, -0.25) is 4.79 Å². The lowest BCUT2D eigenvalue weighted by atomic mass is 9.90. The highest BCUT2D eigenvalue weighted by Crippen LogP contribution is 2.42. The van der Waals surface area contributed by atoms with Crippen molar-refractivity contribution >= 4 is 73.1 Å². The summed E-state index contributed by atoms with van der Waals surface area (Å²) in [4.78, 5) is 20.3. The van der Waals surface area contributed by atoms with E-state index in [0.29, 0.717) is 11.8 Å². The average Bonchev–Trinajstić information content (AvgIpc) is 3.51. The number of nitrogens with zero attached hydrogens (tertiary/aromatic N) is 4. The van der Waals surface area contributed by atoms with Crippen molar-refractivity contribution in [1.82, 2.24) is 19.6 Å². The van der Waals surface area contributed by atoms with E-state index in [-0.39, 0.29) is 17.3 Å². The van der Waals surface area contributed by atoms with E-state index >= 15 is 0 Å². The highest BCUT2D eigenvalue weighted by atomic mass is 32.2. The van der Waals surface area contributed by atoms with Gasteiger partial charge in [-0.15, -0.1) is 21.5 Å². The van der Waals surface area contributed by atoms with E-state index in [4.69, 9.17) is 9.72 Å². The van der Waals surface area contributed by atoms with Crippen LogP contribution in [0.25, 0.3) is 26.6 Å². The Bertz CT molecular complexity index is 1660. The molecule has 1 amide bonds. The van der Waals surface area contributed by atoms with Crippen molar-refractivity contribution in [3.05, 3.63) is 52.9 Å². The number of fused-ring (bicyclic) bond motifs is 6. The van der Waals surface area contributed by atoms with Gasteiger partial charge in [0.2, 0.25) is 5.91 Å². The molecule has 0 saturated heterocycles. The van der Waals surface area contributed by atoms with Crippen LogP contribution in [-0.2, 0) is 22.6 Å². The quantitative estimate of drug-likeness (QED) is 0.161. The van der Waals surface area contributed by atoms with Crippen LogP contribution < -0.4 is 5.32 Å². The summed E-state index contributed by atoms with van der Waals surface area (Å²) < 4.78 is 8.26. The molecule has 0 spiro atoms. The van der Waals surface area contributed by atoms with Gasteiger partial charge < -0.3 is 10.1 Å². The molecule has 1 atom stereocenters. The molecule has 1 N–H and O–H groups in total. The van der Waals surface area contributed by atoms with Crippen LogP contribution in [0.5, 0.6) is 0 Å². The molecular weight excluding hydrogens is 535 g/mol. The number of rotatable bonds is 8. The second kappa shape index (κ2) is 10.5. The van der Waals surface area contributed by atoms with E-state index in [0.717, 1.165) is 62.5 Å². The van der Waals surface area contributed by atoms with Crippen molar-refractivity contribution in [1.29, 1.82) is 0 Å². The fourth-order valence-corrected chi connectivity index (χ4v) is 7.57. The Morgan fingerprint density at radius 3 is 2.82 bits per heavy atom. The molecular formula is C28H29N5O2S3. The monoisotopic (exact) mass is 563 g/mol. The number of ether oxygens (including phenoxy) is 1. The number of thioether (sulfide) groups is 2. The first-order valence-electron chi connectivity index (χ1n) is 12.9. The first-order valence-corrected chi connectivity index (χ1v) is 15.6. The SMILES string of the molecule is CCCSc1nc2sc3c(c2c2nnc(SCC(=O)Nc4cccc5ccccc45)n12)C[C@@](C)(CC)OC3. The Balaban J connectivity index is 1.33. The third kappa shape index (κ3) is 4.68. The molecule has 0 unspecified atom stereocenters. The predicted molar refractivity (Wildman–Crippen MR) is 158 cm³/mol. The number of hydrogen-bond acceptors (Lipinski definition) is 8. The number of carbonyl (C=O) groups excluding carboxylic acids is 1. The van der Waals surface area contributed by atoms with Gasteiger partial charge in [0.1, 0.15) is 4.83 Å². The summed E-state index contributed by atoms with van der Waals surface area (Å²) in [6.07, 6.45) is 2.81. The molecule has 2 aromatic carbocycles. The van der Waals surface area contributed by atoms with Crippen LogP contribution in [0.3, 0.4) is 0 Å². The lowest BCUT2D eigenvalue weighted by Gasteiger charge is -2.33. The molecule has 7 nitrogen and oxygen atoms in total. The Kier molecular flexibility index (Phi) is 7.07. The van der Waals surface area contributed by atoms with Gasteiger partial charge in [-0.2, -0.15) is 0 Å². The second-order valence-corrected chi connectivity index (χ2v) is 12.8. The summed E-state index contributed by atoms with van der Waals surface area (Å²) in [6, 6.07) is 14.0. The maximum atomic E-state index is 13.0. The number of hydrogen-bond donors (Lipinski definition) is 1. The molecule has 38 heavy (non-hydrogen) atoms. The number of benzene rings is 2. The Morgan fingerprint density at radius 2 is 1.97 bits per heavy atom. The zero-order valence-corrected chi connectivity index (χ0v) is 24.1. The number of anilines is 1. The lowest BCUT2D eigenvalue weighted by molar-refractivity contribution is -0.113. The van der Waals surface area contributed by atoms with E-state index in [9.17, 15) is 4.79 Å². The third-order valence-electron chi connectivity index (χ3n) is 7.00. The van der Waals surface area contributed by atoms with E-state index in [1.807, 2.05) is 46.9 Å². The lowest BCUT2D eigenvalue weighted by Crippen LogP contribution is -2.33. The van der Waals surface area contributed by atoms with E-state index in [2.05, 4.69) is 36.3 Å². The number of thiophene rings is 1. The van der Waals surface area contributed by atoms with Gasteiger partial charge in [0.05, 0.1) is 23.3 Å². The van der Waals surface area contributed by atoms with Crippen LogP contribution in [0.2, 0.25) is 0 Å². The Hall–Kier alpha value is -2.66. The highest BCUT2D eigenvalue weighted by molar-refractivity contribution is 8.00. The van der Waals surface area contributed by atoms with Crippen LogP contribution in [0, 0.1) is 0 Å². The van der Waals surface area contributed by atoms with Crippen LogP contribution >= 0.6 is 34.9 Å². The van der Waals surface area contributed by atoms with Crippen LogP contribution in [-0.4, -0.2) is 42.6 Å². The molecule has 0 bridgehead atoms. The molecule has 0 radical (unpaired) electrons. The minimum atomic E-state index is -0.190.